The minimum Gasteiger partial charge on any atom is -0.579 e. The van der Waals surface area contributed by atoms with Crippen molar-refractivity contribution < 1.29 is 4.55 Å². The van der Waals surface area contributed by atoms with Gasteiger partial charge in [-0.05, 0) is 37.7 Å². The Morgan fingerprint density at radius 2 is 2.03 bits per heavy atom. The van der Waals surface area contributed by atoms with Crippen LogP contribution >= 0.6 is 11.6 Å². The van der Waals surface area contributed by atoms with Gasteiger partial charge in [-0.2, -0.15) is 4.98 Å². The van der Waals surface area contributed by atoms with E-state index in [0.717, 1.165) is 50.6 Å². The zero-order valence-corrected chi connectivity index (χ0v) is 18.3. The van der Waals surface area contributed by atoms with Gasteiger partial charge >= 0.3 is 0 Å². The average molecular weight is 439 g/mol. The fourth-order valence-corrected chi connectivity index (χ4v) is 5.46. The highest BCUT2D eigenvalue weighted by Gasteiger charge is 2.29. The molecular formula is C19H27ClN6O2S. The molecule has 3 heterocycles. The molecule has 8 nitrogen and oxygen atoms in total. The summed E-state index contributed by atoms with van der Waals surface area (Å²) in [5, 5.41) is 4.39. The van der Waals surface area contributed by atoms with E-state index in [0.29, 0.717) is 17.5 Å². The van der Waals surface area contributed by atoms with Crippen molar-refractivity contribution in [2.24, 2.45) is 5.92 Å². The van der Waals surface area contributed by atoms with E-state index in [2.05, 4.69) is 21.9 Å². The second kappa shape index (κ2) is 8.77. The van der Waals surface area contributed by atoms with Crippen molar-refractivity contribution in [1.82, 2.24) is 23.6 Å². The zero-order valence-electron chi connectivity index (χ0n) is 16.7. The summed E-state index contributed by atoms with van der Waals surface area (Å²) < 4.78 is 18.3. The number of nitrogens with zero attached hydrogens (tertiary/aromatic N) is 4. The van der Waals surface area contributed by atoms with Crippen molar-refractivity contribution in [2.45, 2.75) is 51.1 Å². The molecule has 2 aromatic heterocycles. The Labute approximate surface area is 178 Å². The summed E-state index contributed by atoms with van der Waals surface area (Å²) in [6, 6.07) is 1.98. The first-order valence-corrected chi connectivity index (χ1v) is 11.6. The first-order valence-electron chi connectivity index (χ1n) is 10.2. The van der Waals surface area contributed by atoms with Crippen molar-refractivity contribution in [3.05, 3.63) is 27.6 Å². The van der Waals surface area contributed by atoms with Gasteiger partial charge in [0.05, 0.1) is 0 Å². The smallest absolute Gasteiger partial charge is 0.271 e. The molecule has 0 radical (unpaired) electrons. The van der Waals surface area contributed by atoms with Crippen molar-refractivity contribution in [2.75, 3.05) is 25.5 Å². The molecule has 1 saturated carbocycles. The van der Waals surface area contributed by atoms with Gasteiger partial charge in [-0.3, -0.25) is 9.36 Å². The number of rotatable bonds is 5. The molecule has 1 aliphatic carbocycles. The Bertz CT molecular complexity index is 933. The number of hydrogen-bond acceptors (Lipinski definition) is 7. The second-order valence-corrected chi connectivity index (χ2v) is 9.75. The number of pyridine rings is 1. The van der Waals surface area contributed by atoms with Crippen molar-refractivity contribution in [1.29, 1.82) is 0 Å². The molecule has 0 aromatic carbocycles. The van der Waals surface area contributed by atoms with E-state index in [9.17, 15) is 9.35 Å². The quantitative estimate of drug-likeness (QED) is 0.692. The van der Waals surface area contributed by atoms with Gasteiger partial charge in [-0.15, -0.1) is 9.03 Å². The predicted octanol–water partition coefficient (Wildman–Crippen LogP) is 2.48. The van der Waals surface area contributed by atoms with Gasteiger partial charge in [0.25, 0.3) is 5.56 Å². The van der Waals surface area contributed by atoms with E-state index in [1.807, 2.05) is 4.31 Å². The highest BCUT2D eigenvalue weighted by molar-refractivity contribution is 7.87. The van der Waals surface area contributed by atoms with Crippen LogP contribution < -0.4 is 15.6 Å². The lowest BCUT2D eigenvalue weighted by Crippen LogP contribution is -2.46. The van der Waals surface area contributed by atoms with Crippen LogP contribution in [0, 0.1) is 5.92 Å². The molecule has 4 rings (SSSR count). The molecule has 0 amide bonds. The summed E-state index contributed by atoms with van der Waals surface area (Å²) in [4.78, 5) is 22.0. The summed E-state index contributed by atoms with van der Waals surface area (Å²) in [5.74, 6) is 0.935. The third kappa shape index (κ3) is 4.25. The van der Waals surface area contributed by atoms with Gasteiger partial charge in [0.2, 0.25) is 5.95 Å². The lowest BCUT2D eigenvalue weighted by molar-refractivity contribution is 0.326. The maximum absolute atomic E-state index is 12.9. The average Bonchev–Trinajstić information content (AvgIpc) is 3.15. The van der Waals surface area contributed by atoms with Crippen molar-refractivity contribution in [3.8, 4) is 0 Å². The molecule has 0 bridgehead atoms. The Hall–Kier alpha value is -1.39. The standard InChI is InChI=1S/C19H27ClN6O2S/c1-12-4-3-5-16(12)26-17-13(10-15(20)18(26)27)11-22-19(24-17)23-14-6-8-25(9-7-14)29(28)21-2/h10-12,14,16,21H,3-9H2,1-2H3,(H,22,23,24). The number of nitrogens with one attached hydrogen (secondary N) is 2. The van der Waals surface area contributed by atoms with Gasteiger partial charge in [0, 0.05) is 43.8 Å². The summed E-state index contributed by atoms with van der Waals surface area (Å²) in [7, 11) is 1.69. The predicted molar refractivity (Wildman–Crippen MR) is 116 cm³/mol. The molecule has 1 aliphatic heterocycles. The van der Waals surface area contributed by atoms with Crippen LogP contribution in [0.2, 0.25) is 5.02 Å². The number of halogens is 1. The fraction of sp³-hybridized carbons (Fsp3) is 0.632. The molecule has 29 heavy (non-hydrogen) atoms. The Balaban J connectivity index is 1.59. The van der Waals surface area contributed by atoms with E-state index in [1.165, 1.54) is 0 Å². The number of piperidine rings is 1. The van der Waals surface area contributed by atoms with Crippen LogP contribution in [0.3, 0.4) is 0 Å². The van der Waals surface area contributed by atoms with Crippen LogP contribution in [0.1, 0.15) is 45.1 Å². The molecule has 3 atom stereocenters. The molecule has 0 spiro atoms. The van der Waals surface area contributed by atoms with Gasteiger partial charge in [-0.25, -0.2) is 4.98 Å². The molecule has 3 unspecified atom stereocenters. The molecular weight excluding hydrogens is 412 g/mol. The number of anilines is 1. The summed E-state index contributed by atoms with van der Waals surface area (Å²) in [5.41, 5.74) is 0.467. The van der Waals surface area contributed by atoms with Gasteiger partial charge in [-0.1, -0.05) is 24.9 Å². The summed E-state index contributed by atoms with van der Waals surface area (Å²) in [6.07, 6.45) is 6.61. The summed E-state index contributed by atoms with van der Waals surface area (Å²) in [6.45, 7) is 3.65. The van der Waals surface area contributed by atoms with Gasteiger partial charge in [0.1, 0.15) is 22.2 Å². The SMILES string of the molecule is CN[S+]([O-])N1CCC(Nc2ncc3cc(Cl)c(=O)n(C4CCCC4C)c3n2)CC1. The Morgan fingerprint density at radius 1 is 1.28 bits per heavy atom. The van der Waals surface area contributed by atoms with E-state index in [1.54, 1.807) is 23.9 Å². The second-order valence-electron chi connectivity index (χ2n) is 7.92. The molecule has 2 fully saturated rings. The van der Waals surface area contributed by atoms with E-state index < -0.39 is 11.5 Å². The van der Waals surface area contributed by atoms with Gasteiger partial charge < -0.3 is 9.87 Å². The molecule has 158 valence electrons. The molecule has 10 heteroatoms. The third-order valence-electron chi connectivity index (χ3n) is 6.07. The van der Waals surface area contributed by atoms with Crippen LogP contribution in [0.25, 0.3) is 11.0 Å². The number of fused-ring (bicyclic) bond motifs is 1. The van der Waals surface area contributed by atoms with E-state index in [-0.39, 0.29) is 22.7 Å². The van der Waals surface area contributed by atoms with Crippen LogP contribution in [0.4, 0.5) is 5.95 Å². The minimum atomic E-state index is -1.13. The zero-order chi connectivity index (χ0) is 20.5. The normalized spacial score (nSPS) is 24.8. The number of hydrogen-bond donors (Lipinski definition) is 2. The lowest BCUT2D eigenvalue weighted by Gasteiger charge is -2.31. The molecule has 2 aromatic rings. The van der Waals surface area contributed by atoms with E-state index >= 15 is 0 Å². The largest absolute Gasteiger partial charge is 0.579 e. The summed E-state index contributed by atoms with van der Waals surface area (Å²) >= 11 is 5.09. The van der Waals surface area contributed by atoms with Gasteiger partial charge in [0.15, 0.2) is 0 Å². The highest BCUT2D eigenvalue weighted by Crippen LogP contribution is 2.36. The van der Waals surface area contributed by atoms with Crippen molar-refractivity contribution in [3.63, 3.8) is 0 Å². The van der Waals surface area contributed by atoms with Crippen LogP contribution in [-0.4, -0.2) is 49.6 Å². The van der Waals surface area contributed by atoms with E-state index in [4.69, 9.17) is 16.6 Å². The van der Waals surface area contributed by atoms with Crippen molar-refractivity contribution >= 4 is 40.1 Å². The monoisotopic (exact) mass is 438 g/mol. The molecule has 1 saturated heterocycles. The number of aromatic nitrogens is 3. The molecule has 2 aliphatic rings. The topological polar surface area (TPSA) is 98.1 Å². The maximum Gasteiger partial charge on any atom is 0.271 e. The molecule has 2 N–H and O–H groups in total. The maximum atomic E-state index is 12.9. The highest BCUT2D eigenvalue weighted by atomic mass is 35.5. The first-order chi connectivity index (χ1) is 14.0. The Morgan fingerprint density at radius 3 is 2.69 bits per heavy atom. The first kappa shape index (κ1) is 20.9. The Kier molecular flexibility index (Phi) is 6.31. The minimum absolute atomic E-state index is 0.117. The van der Waals surface area contributed by atoms with Crippen LogP contribution in [-0.2, 0) is 11.5 Å². The fourth-order valence-electron chi connectivity index (χ4n) is 4.45. The van der Waals surface area contributed by atoms with Crippen LogP contribution in [0.5, 0.6) is 0 Å². The van der Waals surface area contributed by atoms with Crippen LogP contribution in [0.15, 0.2) is 17.1 Å². The lowest BCUT2D eigenvalue weighted by atomic mass is 10.1. The third-order valence-corrected chi connectivity index (χ3v) is 7.53.